The van der Waals surface area contributed by atoms with Gasteiger partial charge >= 0.3 is 0 Å². The van der Waals surface area contributed by atoms with Gasteiger partial charge in [-0.2, -0.15) is 0 Å². The molecule has 2 atom stereocenters. The molecule has 4 rings (SSSR count). The zero-order valence-electron chi connectivity index (χ0n) is 19.3. The van der Waals surface area contributed by atoms with E-state index in [-0.39, 0.29) is 5.69 Å². The van der Waals surface area contributed by atoms with Gasteiger partial charge in [-0.1, -0.05) is 23.2 Å². The second kappa shape index (κ2) is 11.0. The first-order valence-electron chi connectivity index (χ1n) is 11.2. The highest BCUT2D eigenvalue weighted by Gasteiger charge is 2.25. The lowest BCUT2D eigenvalue weighted by atomic mass is 10.1. The minimum absolute atomic E-state index is 0.0520. The Bertz CT molecular complexity index is 1180. The Kier molecular flexibility index (Phi) is 7.84. The predicted octanol–water partition coefficient (Wildman–Crippen LogP) is 4.46. The van der Waals surface area contributed by atoms with Crippen molar-refractivity contribution in [2.45, 2.75) is 25.9 Å². The minimum atomic E-state index is -0.481. The Morgan fingerprint density at radius 2 is 1.83 bits per heavy atom. The maximum atomic E-state index is 10.8. The number of nitrogens with one attached hydrogen (secondary N) is 3. The fraction of sp³-hybridized carbons (Fsp3) is 0.348. The van der Waals surface area contributed by atoms with Gasteiger partial charge in [-0.3, -0.25) is 10.1 Å². The van der Waals surface area contributed by atoms with Crippen molar-refractivity contribution in [3.05, 3.63) is 62.9 Å². The number of anilines is 3. The van der Waals surface area contributed by atoms with Crippen LogP contribution in [-0.2, 0) is 0 Å². The van der Waals surface area contributed by atoms with Crippen LogP contribution in [0.1, 0.15) is 13.8 Å². The van der Waals surface area contributed by atoms with E-state index in [1.807, 2.05) is 12.3 Å². The molecule has 3 N–H and O–H groups in total. The largest absolute Gasteiger partial charge is 0.368 e. The second-order valence-electron chi connectivity index (χ2n) is 8.44. The fourth-order valence-corrected chi connectivity index (χ4v) is 4.56. The molecular formula is C23H26Cl2N8O2. The molecule has 184 valence electrons. The summed E-state index contributed by atoms with van der Waals surface area (Å²) < 4.78 is 0. The lowest BCUT2D eigenvalue weighted by Crippen LogP contribution is -2.54. The Morgan fingerprint density at radius 3 is 2.49 bits per heavy atom. The van der Waals surface area contributed by atoms with E-state index >= 15 is 0 Å². The van der Waals surface area contributed by atoms with Gasteiger partial charge in [0.15, 0.2) is 0 Å². The molecule has 10 nitrogen and oxygen atoms in total. The lowest BCUT2D eigenvalue weighted by molar-refractivity contribution is -0.385. The number of pyridine rings is 1. The average Bonchev–Trinajstić information content (AvgIpc) is 2.81. The van der Waals surface area contributed by atoms with Crippen LogP contribution in [0.2, 0.25) is 10.0 Å². The summed E-state index contributed by atoms with van der Waals surface area (Å²) in [4.78, 5) is 25.9. The molecule has 1 aliphatic rings. The molecule has 0 aliphatic carbocycles. The van der Waals surface area contributed by atoms with Crippen LogP contribution < -0.4 is 20.9 Å². The summed E-state index contributed by atoms with van der Waals surface area (Å²) in [6, 6.07) is 9.00. The van der Waals surface area contributed by atoms with Crippen molar-refractivity contribution in [3.8, 4) is 11.3 Å². The highest BCUT2D eigenvalue weighted by Crippen LogP contribution is 2.36. The van der Waals surface area contributed by atoms with Crippen LogP contribution in [0.25, 0.3) is 11.3 Å². The van der Waals surface area contributed by atoms with Crippen LogP contribution in [-0.4, -0.2) is 58.1 Å². The van der Waals surface area contributed by atoms with Gasteiger partial charge in [-0.25, -0.2) is 15.0 Å². The number of nitrogens with zero attached hydrogens (tertiary/aromatic N) is 5. The van der Waals surface area contributed by atoms with Crippen molar-refractivity contribution in [2.75, 3.05) is 41.7 Å². The van der Waals surface area contributed by atoms with Gasteiger partial charge in [0, 0.05) is 54.9 Å². The van der Waals surface area contributed by atoms with Crippen LogP contribution in [0, 0.1) is 10.1 Å². The quantitative estimate of drug-likeness (QED) is 0.226. The third kappa shape index (κ3) is 6.27. The summed E-state index contributed by atoms with van der Waals surface area (Å²) in [6.45, 7) is 6.98. The van der Waals surface area contributed by atoms with Gasteiger partial charge in [0.05, 0.1) is 21.8 Å². The zero-order valence-corrected chi connectivity index (χ0v) is 20.8. The van der Waals surface area contributed by atoms with Gasteiger partial charge < -0.3 is 20.9 Å². The van der Waals surface area contributed by atoms with Gasteiger partial charge in [-0.05, 0) is 38.1 Å². The van der Waals surface area contributed by atoms with Crippen molar-refractivity contribution in [2.24, 2.45) is 0 Å². The number of halogens is 2. The van der Waals surface area contributed by atoms with Gasteiger partial charge in [0.25, 0.3) is 5.69 Å². The Morgan fingerprint density at radius 1 is 1.09 bits per heavy atom. The molecular weight excluding hydrogens is 491 g/mol. The molecule has 2 aromatic heterocycles. The Labute approximate surface area is 213 Å². The maximum Gasteiger partial charge on any atom is 0.287 e. The molecule has 0 amide bonds. The van der Waals surface area contributed by atoms with Crippen LogP contribution in [0.5, 0.6) is 0 Å². The molecule has 1 aromatic carbocycles. The Balaban J connectivity index is 1.50. The summed E-state index contributed by atoms with van der Waals surface area (Å²) in [7, 11) is 0. The summed E-state index contributed by atoms with van der Waals surface area (Å²) >= 11 is 12.7. The number of aromatic nitrogens is 3. The van der Waals surface area contributed by atoms with Crippen molar-refractivity contribution >= 4 is 46.3 Å². The molecule has 3 heterocycles. The van der Waals surface area contributed by atoms with Gasteiger partial charge in [0.1, 0.15) is 17.7 Å². The smallest absolute Gasteiger partial charge is 0.287 e. The number of benzene rings is 1. The number of hydrogen-bond donors (Lipinski definition) is 3. The second-order valence-corrected chi connectivity index (χ2v) is 9.28. The molecule has 1 saturated heterocycles. The maximum absolute atomic E-state index is 10.8. The first-order chi connectivity index (χ1) is 16.8. The molecule has 3 aromatic rings. The molecule has 0 saturated carbocycles. The zero-order chi connectivity index (χ0) is 24.9. The Hall–Kier alpha value is -3.21. The molecule has 0 bridgehead atoms. The summed E-state index contributed by atoms with van der Waals surface area (Å²) in [5.74, 6) is 1.01. The molecule has 0 spiro atoms. The van der Waals surface area contributed by atoms with E-state index < -0.39 is 4.92 Å². The predicted molar refractivity (Wildman–Crippen MR) is 140 cm³/mol. The molecule has 35 heavy (non-hydrogen) atoms. The molecule has 1 fully saturated rings. The van der Waals surface area contributed by atoms with E-state index in [1.165, 1.54) is 12.3 Å². The van der Waals surface area contributed by atoms with E-state index in [2.05, 4.69) is 44.7 Å². The van der Waals surface area contributed by atoms with Gasteiger partial charge in [-0.15, -0.1) is 0 Å². The molecule has 12 heteroatoms. The van der Waals surface area contributed by atoms with Crippen molar-refractivity contribution in [1.29, 1.82) is 0 Å². The number of nitro groups is 1. The summed E-state index contributed by atoms with van der Waals surface area (Å²) in [5, 5.41) is 21.7. The topological polar surface area (TPSA) is 121 Å². The highest BCUT2D eigenvalue weighted by molar-refractivity contribution is 6.36. The van der Waals surface area contributed by atoms with Crippen molar-refractivity contribution in [1.82, 2.24) is 20.3 Å². The average molecular weight is 517 g/mol. The van der Waals surface area contributed by atoms with E-state index in [0.29, 0.717) is 47.0 Å². The van der Waals surface area contributed by atoms with Crippen molar-refractivity contribution < 1.29 is 4.92 Å². The number of hydrogen-bond acceptors (Lipinski definition) is 9. The number of rotatable bonds is 8. The first-order valence-corrected chi connectivity index (χ1v) is 12.0. The lowest BCUT2D eigenvalue weighted by Gasteiger charge is -2.38. The molecule has 0 radical (unpaired) electrons. The first kappa shape index (κ1) is 24.9. The van der Waals surface area contributed by atoms with Gasteiger partial charge in [0.2, 0.25) is 5.95 Å². The standard InChI is InChI=1S/C23H26Cl2N8O2/c1-14-12-32(13-15(2)30-14)20-11-29-23(31-22(20)18-5-3-16(24)9-19(18)25)27-8-7-26-21-6-4-17(10-28-21)33(34)35/h3-6,9-11,14-15,30H,7-8,12-13H2,1-2H3,(H,26,28)(H,27,29,31). The molecule has 1 aliphatic heterocycles. The normalized spacial score (nSPS) is 17.8. The summed E-state index contributed by atoms with van der Waals surface area (Å²) in [6.07, 6.45) is 3.04. The van der Waals surface area contributed by atoms with Crippen LogP contribution in [0.3, 0.4) is 0 Å². The van der Waals surface area contributed by atoms with E-state index in [9.17, 15) is 10.1 Å². The SMILES string of the molecule is CC1CN(c2cnc(NCCNc3ccc([N+](=O)[O-])cn3)nc2-c2ccc(Cl)cc2Cl)CC(C)N1. The van der Waals surface area contributed by atoms with E-state index in [4.69, 9.17) is 28.2 Å². The van der Waals surface area contributed by atoms with E-state index in [0.717, 1.165) is 30.0 Å². The fourth-order valence-electron chi connectivity index (χ4n) is 4.06. The van der Waals surface area contributed by atoms with Crippen molar-refractivity contribution in [3.63, 3.8) is 0 Å². The molecule has 2 unspecified atom stereocenters. The minimum Gasteiger partial charge on any atom is -0.368 e. The number of piperazine rings is 1. The third-order valence-electron chi connectivity index (χ3n) is 5.53. The summed E-state index contributed by atoms with van der Waals surface area (Å²) in [5.41, 5.74) is 2.37. The third-order valence-corrected chi connectivity index (χ3v) is 6.07. The van der Waals surface area contributed by atoms with Crippen LogP contribution in [0.4, 0.5) is 23.1 Å². The van der Waals surface area contributed by atoms with E-state index in [1.54, 1.807) is 18.2 Å². The monoisotopic (exact) mass is 516 g/mol. The highest BCUT2D eigenvalue weighted by atomic mass is 35.5. The van der Waals surface area contributed by atoms with Crippen LogP contribution in [0.15, 0.2) is 42.7 Å². The van der Waals surface area contributed by atoms with Crippen LogP contribution >= 0.6 is 23.2 Å².